The van der Waals surface area contributed by atoms with Crippen LogP contribution in [0.1, 0.15) is 17.5 Å². The Hall–Kier alpha value is -2.35. The van der Waals surface area contributed by atoms with Crippen molar-refractivity contribution in [3.8, 4) is 0 Å². The molecule has 1 aliphatic carbocycles. The van der Waals surface area contributed by atoms with Crippen molar-refractivity contribution in [1.82, 2.24) is 9.80 Å². The molecule has 1 saturated heterocycles. The maximum atomic E-state index is 11.0. The van der Waals surface area contributed by atoms with Gasteiger partial charge in [0.05, 0.1) is 4.92 Å². The molecule has 1 fully saturated rings. The summed E-state index contributed by atoms with van der Waals surface area (Å²) in [5, 5.41) is 20.0. The summed E-state index contributed by atoms with van der Waals surface area (Å²) in [5.41, 5.74) is 8.07. The fourth-order valence-corrected chi connectivity index (χ4v) is 3.54. The zero-order chi connectivity index (χ0) is 16.6. The van der Waals surface area contributed by atoms with Crippen LogP contribution in [0.15, 0.2) is 12.1 Å². The van der Waals surface area contributed by atoms with Gasteiger partial charge in [-0.2, -0.15) is 0 Å². The maximum absolute atomic E-state index is 11.0. The minimum atomic E-state index is -0.862. The highest BCUT2D eigenvalue weighted by molar-refractivity contribution is 5.65. The number of carboxylic acid groups (broad SMARTS) is 1. The van der Waals surface area contributed by atoms with Gasteiger partial charge in [-0.15, -0.1) is 0 Å². The molecular weight excluding hydrogens is 300 g/mol. The molecule has 124 valence electrons. The van der Waals surface area contributed by atoms with Crippen LogP contribution in [-0.4, -0.2) is 58.1 Å². The molecule has 1 unspecified atom stereocenters. The molecule has 2 aliphatic rings. The van der Waals surface area contributed by atoms with Gasteiger partial charge >= 0.3 is 6.09 Å². The average Bonchev–Trinajstić information content (AvgIpc) is 2.53. The van der Waals surface area contributed by atoms with E-state index in [1.807, 2.05) is 0 Å². The third-order valence-corrected chi connectivity index (χ3v) is 4.85. The van der Waals surface area contributed by atoms with Gasteiger partial charge in [0, 0.05) is 38.3 Å². The molecule has 8 nitrogen and oxygen atoms in total. The normalized spacial score (nSPS) is 21.7. The van der Waals surface area contributed by atoms with E-state index in [4.69, 9.17) is 10.8 Å². The van der Waals surface area contributed by atoms with E-state index >= 15 is 0 Å². The van der Waals surface area contributed by atoms with Crippen LogP contribution in [0.3, 0.4) is 0 Å². The largest absolute Gasteiger partial charge is 0.465 e. The van der Waals surface area contributed by atoms with Gasteiger partial charge in [0.1, 0.15) is 5.69 Å². The molecule has 3 N–H and O–H groups in total. The van der Waals surface area contributed by atoms with E-state index in [-0.39, 0.29) is 11.4 Å². The van der Waals surface area contributed by atoms with Crippen LogP contribution in [0.4, 0.5) is 16.2 Å². The lowest BCUT2D eigenvalue weighted by Crippen LogP contribution is -2.52. The molecular formula is C15H20N4O4. The van der Waals surface area contributed by atoms with Crippen LogP contribution in [0.5, 0.6) is 0 Å². The van der Waals surface area contributed by atoms with Gasteiger partial charge in [0.15, 0.2) is 0 Å². The first-order valence-electron chi connectivity index (χ1n) is 7.73. The predicted molar refractivity (Wildman–Crippen MR) is 84.5 cm³/mol. The number of aryl methyl sites for hydroxylation is 1. The van der Waals surface area contributed by atoms with Gasteiger partial charge in [-0.05, 0) is 36.5 Å². The SMILES string of the molecule is Nc1cc2c(cc1[N+](=O)[O-])CCC(N1CCN(C(=O)O)CC1)C2. The summed E-state index contributed by atoms with van der Waals surface area (Å²) in [6.45, 7) is 2.52. The number of amides is 1. The van der Waals surface area contributed by atoms with Crippen molar-refractivity contribution in [2.75, 3.05) is 31.9 Å². The number of nitro groups is 1. The van der Waals surface area contributed by atoms with E-state index < -0.39 is 11.0 Å². The zero-order valence-electron chi connectivity index (χ0n) is 12.8. The maximum Gasteiger partial charge on any atom is 0.407 e. The summed E-state index contributed by atoms with van der Waals surface area (Å²) in [6.07, 6.45) is 1.67. The Balaban J connectivity index is 1.70. The quantitative estimate of drug-likeness (QED) is 0.483. The summed E-state index contributed by atoms with van der Waals surface area (Å²) in [7, 11) is 0. The zero-order valence-corrected chi connectivity index (χ0v) is 12.8. The first kappa shape index (κ1) is 15.5. The van der Waals surface area contributed by atoms with Crippen molar-refractivity contribution in [3.63, 3.8) is 0 Å². The number of hydrogen-bond donors (Lipinski definition) is 2. The van der Waals surface area contributed by atoms with Gasteiger partial charge in [0.25, 0.3) is 5.69 Å². The fraction of sp³-hybridized carbons (Fsp3) is 0.533. The van der Waals surface area contributed by atoms with Gasteiger partial charge in [-0.3, -0.25) is 15.0 Å². The lowest BCUT2D eigenvalue weighted by molar-refractivity contribution is -0.384. The van der Waals surface area contributed by atoms with Crippen molar-refractivity contribution in [1.29, 1.82) is 0 Å². The summed E-state index contributed by atoms with van der Waals surface area (Å²) in [6, 6.07) is 3.68. The average molecular weight is 320 g/mol. The van der Waals surface area contributed by atoms with Crippen molar-refractivity contribution in [3.05, 3.63) is 33.4 Å². The summed E-state index contributed by atoms with van der Waals surface area (Å²) < 4.78 is 0. The first-order chi connectivity index (χ1) is 11.0. The molecule has 1 amide bonds. The third kappa shape index (κ3) is 3.07. The number of benzene rings is 1. The minimum absolute atomic E-state index is 0.0164. The Bertz CT molecular complexity index is 641. The number of nitrogens with zero attached hydrogens (tertiary/aromatic N) is 3. The highest BCUT2D eigenvalue weighted by atomic mass is 16.6. The van der Waals surface area contributed by atoms with E-state index in [0.29, 0.717) is 19.1 Å². The monoisotopic (exact) mass is 320 g/mol. The number of carbonyl (C=O) groups is 1. The first-order valence-corrected chi connectivity index (χ1v) is 7.73. The number of nitrogen functional groups attached to an aromatic ring is 1. The molecule has 1 aromatic carbocycles. The number of anilines is 1. The highest BCUT2D eigenvalue weighted by Gasteiger charge is 2.29. The topological polar surface area (TPSA) is 113 Å². The molecule has 1 atom stereocenters. The summed E-state index contributed by atoms with van der Waals surface area (Å²) in [4.78, 5) is 25.3. The lowest BCUT2D eigenvalue weighted by atomic mass is 9.86. The molecule has 3 rings (SSSR count). The van der Waals surface area contributed by atoms with Gasteiger partial charge in [-0.25, -0.2) is 4.79 Å². The Morgan fingerprint density at radius 1 is 1.26 bits per heavy atom. The Labute approximate surface area is 133 Å². The number of fused-ring (bicyclic) bond motifs is 1. The predicted octanol–water partition coefficient (Wildman–Crippen LogP) is 1.33. The highest BCUT2D eigenvalue weighted by Crippen LogP contribution is 2.32. The minimum Gasteiger partial charge on any atom is -0.465 e. The van der Waals surface area contributed by atoms with Crippen molar-refractivity contribution in [2.24, 2.45) is 0 Å². The molecule has 1 heterocycles. The second-order valence-electron chi connectivity index (χ2n) is 6.14. The Morgan fingerprint density at radius 2 is 1.96 bits per heavy atom. The van der Waals surface area contributed by atoms with Crippen LogP contribution in [0.25, 0.3) is 0 Å². The van der Waals surface area contributed by atoms with Crippen LogP contribution >= 0.6 is 0 Å². The van der Waals surface area contributed by atoms with Gasteiger partial charge in [0.2, 0.25) is 0 Å². The molecule has 0 radical (unpaired) electrons. The van der Waals surface area contributed by atoms with Crippen LogP contribution in [-0.2, 0) is 12.8 Å². The third-order valence-electron chi connectivity index (χ3n) is 4.85. The molecule has 0 spiro atoms. The molecule has 0 saturated carbocycles. The smallest absolute Gasteiger partial charge is 0.407 e. The lowest BCUT2D eigenvalue weighted by Gasteiger charge is -2.40. The number of nitrogens with two attached hydrogens (primary N) is 1. The van der Waals surface area contributed by atoms with E-state index in [1.165, 1.54) is 4.90 Å². The van der Waals surface area contributed by atoms with Crippen molar-refractivity contribution in [2.45, 2.75) is 25.3 Å². The van der Waals surface area contributed by atoms with Crippen LogP contribution in [0.2, 0.25) is 0 Å². The van der Waals surface area contributed by atoms with E-state index in [1.54, 1.807) is 12.1 Å². The number of rotatable bonds is 2. The Kier molecular flexibility index (Phi) is 4.08. The summed E-state index contributed by atoms with van der Waals surface area (Å²) in [5.74, 6) is 0. The fourth-order valence-electron chi connectivity index (χ4n) is 3.54. The van der Waals surface area contributed by atoms with Crippen molar-refractivity contribution >= 4 is 17.5 Å². The molecule has 1 aromatic rings. The van der Waals surface area contributed by atoms with Gasteiger partial charge < -0.3 is 15.7 Å². The second-order valence-corrected chi connectivity index (χ2v) is 6.14. The summed E-state index contributed by atoms with van der Waals surface area (Å²) >= 11 is 0. The number of hydrogen-bond acceptors (Lipinski definition) is 5. The molecule has 1 aliphatic heterocycles. The van der Waals surface area contributed by atoms with Gasteiger partial charge in [-0.1, -0.05) is 0 Å². The second kappa shape index (κ2) is 6.04. The van der Waals surface area contributed by atoms with Crippen LogP contribution in [0, 0.1) is 10.1 Å². The molecule has 8 heteroatoms. The van der Waals surface area contributed by atoms with Crippen LogP contribution < -0.4 is 5.73 Å². The number of piperazine rings is 1. The van der Waals surface area contributed by atoms with E-state index in [9.17, 15) is 14.9 Å². The number of nitro benzene ring substituents is 1. The molecule has 0 aromatic heterocycles. The standard InChI is InChI=1S/C15H20N4O4/c16-13-8-11-7-12(2-1-10(11)9-14(13)19(22)23)17-3-5-18(6-4-17)15(20)21/h8-9,12H,1-7,16H2,(H,20,21). The Morgan fingerprint density at radius 3 is 2.57 bits per heavy atom. The molecule has 23 heavy (non-hydrogen) atoms. The van der Waals surface area contributed by atoms with Crippen molar-refractivity contribution < 1.29 is 14.8 Å². The molecule has 0 bridgehead atoms. The van der Waals surface area contributed by atoms with E-state index in [2.05, 4.69) is 4.90 Å². The van der Waals surface area contributed by atoms with E-state index in [0.717, 1.165) is 43.5 Å².